The molecule has 0 aliphatic carbocycles. The van der Waals surface area contributed by atoms with Crippen LogP contribution >= 0.6 is 0 Å². The molecule has 1 aromatic rings. The third-order valence-electron chi connectivity index (χ3n) is 3.95. The summed E-state index contributed by atoms with van der Waals surface area (Å²) in [6.07, 6.45) is 3.19. The lowest BCUT2D eigenvalue weighted by atomic mass is 10.0. The SMILES string of the molecule is CN(C(=O)CN1CCCCC1CO)c1ccc(N)cc1. The van der Waals surface area contributed by atoms with Gasteiger partial charge in [-0.3, -0.25) is 9.69 Å². The van der Waals surface area contributed by atoms with E-state index in [-0.39, 0.29) is 18.6 Å². The lowest BCUT2D eigenvalue weighted by Crippen LogP contribution is -2.47. The molecule has 5 heteroatoms. The molecular weight excluding hydrogens is 254 g/mol. The Bertz CT molecular complexity index is 447. The van der Waals surface area contributed by atoms with Crippen molar-refractivity contribution in [3.8, 4) is 0 Å². The van der Waals surface area contributed by atoms with Gasteiger partial charge in [-0.15, -0.1) is 0 Å². The second-order valence-electron chi connectivity index (χ2n) is 5.35. The number of aliphatic hydroxyl groups is 1. The van der Waals surface area contributed by atoms with Crippen LogP contribution < -0.4 is 10.6 Å². The summed E-state index contributed by atoms with van der Waals surface area (Å²) in [5, 5.41) is 9.38. The van der Waals surface area contributed by atoms with Gasteiger partial charge in [0, 0.05) is 24.5 Å². The number of carbonyl (C=O) groups excluding carboxylic acids is 1. The average molecular weight is 277 g/mol. The van der Waals surface area contributed by atoms with Gasteiger partial charge in [-0.1, -0.05) is 6.42 Å². The molecule has 1 aliphatic rings. The number of hydrogen-bond donors (Lipinski definition) is 2. The van der Waals surface area contributed by atoms with Crippen molar-refractivity contribution in [3.63, 3.8) is 0 Å². The quantitative estimate of drug-likeness (QED) is 0.808. The first-order chi connectivity index (χ1) is 9.61. The van der Waals surface area contributed by atoms with E-state index in [4.69, 9.17) is 5.73 Å². The van der Waals surface area contributed by atoms with Crippen LogP contribution in [0.5, 0.6) is 0 Å². The van der Waals surface area contributed by atoms with E-state index in [9.17, 15) is 9.90 Å². The lowest BCUT2D eigenvalue weighted by molar-refractivity contribution is -0.120. The van der Waals surface area contributed by atoms with Gasteiger partial charge in [-0.2, -0.15) is 0 Å². The Hall–Kier alpha value is -1.59. The summed E-state index contributed by atoms with van der Waals surface area (Å²) in [6.45, 7) is 1.36. The van der Waals surface area contributed by atoms with Crippen LogP contribution in [0.3, 0.4) is 0 Å². The summed E-state index contributed by atoms with van der Waals surface area (Å²) in [4.78, 5) is 16.1. The van der Waals surface area contributed by atoms with Gasteiger partial charge < -0.3 is 15.7 Å². The summed E-state index contributed by atoms with van der Waals surface area (Å²) in [6, 6.07) is 7.38. The highest BCUT2D eigenvalue weighted by Crippen LogP contribution is 2.18. The number of rotatable bonds is 4. The fraction of sp³-hybridized carbons (Fsp3) is 0.533. The van der Waals surface area contributed by atoms with Gasteiger partial charge in [-0.25, -0.2) is 0 Å². The summed E-state index contributed by atoms with van der Waals surface area (Å²) >= 11 is 0. The second-order valence-corrected chi connectivity index (χ2v) is 5.35. The van der Waals surface area contributed by atoms with Gasteiger partial charge >= 0.3 is 0 Å². The smallest absolute Gasteiger partial charge is 0.240 e. The lowest BCUT2D eigenvalue weighted by Gasteiger charge is -2.34. The van der Waals surface area contributed by atoms with Crippen molar-refractivity contribution in [3.05, 3.63) is 24.3 Å². The molecule has 1 amide bonds. The van der Waals surface area contributed by atoms with E-state index in [0.717, 1.165) is 31.5 Å². The number of nitrogen functional groups attached to an aromatic ring is 1. The molecule has 0 radical (unpaired) electrons. The zero-order valence-electron chi connectivity index (χ0n) is 12.0. The molecule has 2 rings (SSSR count). The molecule has 0 saturated carbocycles. The number of anilines is 2. The van der Waals surface area contributed by atoms with Gasteiger partial charge in [0.05, 0.1) is 13.2 Å². The van der Waals surface area contributed by atoms with Gasteiger partial charge in [-0.05, 0) is 43.7 Å². The number of nitrogens with zero attached hydrogens (tertiary/aromatic N) is 2. The zero-order valence-corrected chi connectivity index (χ0v) is 12.0. The molecule has 110 valence electrons. The van der Waals surface area contributed by atoms with Crippen LogP contribution in [-0.2, 0) is 4.79 Å². The number of likely N-dealkylation sites (tertiary alicyclic amines) is 1. The maximum Gasteiger partial charge on any atom is 0.240 e. The van der Waals surface area contributed by atoms with Crippen LogP contribution in [0.1, 0.15) is 19.3 Å². The summed E-state index contributed by atoms with van der Waals surface area (Å²) < 4.78 is 0. The molecule has 0 aromatic heterocycles. The second kappa shape index (κ2) is 6.72. The van der Waals surface area contributed by atoms with Crippen molar-refractivity contribution >= 4 is 17.3 Å². The minimum absolute atomic E-state index is 0.0371. The number of piperidine rings is 1. The number of likely N-dealkylation sites (N-methyl/N-ethyl adjacent to an activating group) is 1. The van der Waals surface area contributed by atoms with E-state index < -0.39 is 0 Å². The molecule has 1 atom stereocenters. The molecule has 1 fully saturated rings. The Balaban J connectivity index is 1.98. The predicted molar refractivity (Wildman–Crippen MR) is 80.6 cm³/mol. The van der Waals surface area contributed by atoms with Crippen LogP contribution in [0.15, 0.2) is 24.3 Å². The standard InChI is InChI=1S/C15H23N3O2/c1-17(13-7-5-12(16)6-8-13)15(20)10-18-9-3-2-4-14(18)11-19/h5-8,14,19H,2-4,9-11,16H2,1H3. The fourth-order valence-corrected chi connectivity index (χ4v) is 2.60. The maximum atomic E-state index is 12.3. The topological polar surface area (TPSA) is 69.8 Å². The van der Waals surface area contributed by atoms with Crippen molar-refractivity contribution in [2.75, 3.05) is 37.4 Å². The van der Waals surface area contributed by atoms with E-state index in [1.807, 2.05) is 12.1 Å². The minimum atomic E-state index is 0.0371. The number of carbonyl (C=O) groups is 1. The van der Waals surface area contributed by atoms with E-state index in [0.29, 0.717) is 12.2 Å². The van der Waals surface area contributed by atoms with Crippen molar-refractivity contribution < 1.29 is 9.90 Å². The first kappa shape index (κ1) is 14.8. The number of nitrogens with two attached hydrogens (primary N) is 1. The third-order valence-corrected chi connectivity index (χ3v) is 3.95. The number of amides is 1. The van der Waals surface area contributed by atoms with Crippen molar-refractivity contribution in [1.29, 1.82) is 0 Å². The fourth-order valence-electron chi connectivity index (χ4n) is 2.60. The monoisotopic (exact) mass is 277 g/mol. The molecule has 0 bridgehead atoms. The number of benzene rings is 1. The molecule has 3 N–H and O–H groups in total. The largest absolute Gasteiger partial charge is 0.399 e. The normalized spacial score (nSPS) is 19.8. The Labute approximate surface area is 120 Å². The third kappa shape index (κ3) is 3.49. The first-order valence-electron chi connectivity index (χ1n) is 7.09. The van der Waals surface area contributed by atoms with Crippen LogP contribution in [0.25, 0.3) is 0 Å². The minimum Gasteiger partial charge on any atom is -0.399 e. The zero-order chi connectivity index (χ0) is 14.5. The van der Waals surface area contributed by atoms with E-state index in [1.165, 1.54) is 0 Å². The average Bonchev–Trinajstić information content (AvgIpc) is 2.48. The number of aliphatic hydroxyl groups excluding tert-OH is 1. The van der Waals surface area contributed by atoms with E-state index in [2.05, 4.69) is 4.90 Å². The highest BCUT2D eigenvalue weighted by atomic mass is 16.3. The molecule has 1 aliphatic heterocycles. The molecule has 1 saturated heterocycles. The van der Waals surface area contributed by atoms with Crippen LogP contribution in [0.2, 0.25) is 0 Å². The van der Waals surface area contributed by atoms with E-state index >= 15 is 0 Å². The van der Waals surface area contributed by atoms with Crippen LogP contribution in [0.4, 0.5) is 11.4 Å². The van der Waals surface area contributed by atoms with Gasteiger partial charge in [0.1, 0.15) is 0 Å². The summed E-state index contributed by atoms with van der Waals surface area (Å²) in [5.74, 6) is 0.0371. The van der Waals surface area contributed by atoms with Crippen LogP contribution in [0, 0.1) is 0 Å². The molecule has 20 heavy (non-hydrogen) atoms. The first-order valence-corrected chi connectivity index (χ1v) is 7.09. The number of hydrogen-bond acceptors (Lipinski definition) is 4. The van der Waals surface area contributed by atoms with Crippen molar-refractivity contribution in [2.45, 2.75) is 25.3 Å². The Kier molecular flexibility index (Phi) is 4.98. The summed E-state index contributed by atoms with van der Waals surface area (Å²) in [7, 11) is 1.77. The predicted octanol–water partition coefficient (Wildman–Crippen LogP) is 1.08. The highest BCUT2D eigenvalue weighted by Gasteiger charge is 2.24. The van der Waals surface area contributed by atoms with E-state index in [1.54, 1.807) is 24.1 Å². The van der Waals surface area contributed by atoms with Crippen LogP contribution in [-0.4, -0.2) is 48.7 Å². The van der Waals surface area contributed by atoms with Gasteiger partial charge in [0.2, 0.25) is 5.91 Å². The molecule has 1 unspecified atom stereocenters. The van der Waals surface area contributed by atoms with Gasteiger partial charge in [0.25, 0.3) is 0 Å². The van der Waals surface area contributed by atoms with Crippen molar-refractivity contribution in [1.82, 2.24) is 4.90 Å². The molecule has 1 aromatic carbocycles. The Morgan fingerprint density at radius 3 is 2.75 bits per heavy atom. The molecule has 1 heterocycles. The molecule has 5 nitrogen and oxygen atoms in total. The molecule has 0 spiro atoms. The van der Waals surface area contributed by atoms with Crippen molar-refractivity contribution in [2.24, 2.45) is 0 Å². The Morgan fingerprint density at radius 2 is 2.10 bits per heavy atom. The molecular formula is C15H23N3O2. The highest BCUT2D eigenvalue weighted by molar-refractivity contribution is 5.94. The Morgan fingerprint density at radius 1 is 1.40 bits per heavy atom. The van der Waals surface area contributed by atoms with Gasteiger partial charge in [0.15, 0.2) is 0 Å². The summed E-state index contributed by atoms with van der Waals surface area (Å²) in [5.41, 5.74) is 7.17. The maximum absolute atomic E-state index is 12.3.